The highest BCUT2D eigenvalue weighted by molar-refractivity contribution is 6.03. The van der Waals surface area contributed by atoms with Crippen LogP contribution in [0.5, 0.6) is 0 Å². The van der Waals surface area contributed by atoms with Gasteiger partial charge in [-0.2, -0.15) is 0 Å². The summed E-state index contributed by atoms with van der Waals surface area (Å²) in [4.78, 5) is 22.5. The van der Waals surface area contributed by atoms with Crippen molar-refractivity contribution in [3.63, 3.8) is 0 Å². The van der Waals surface area contributed by atoms with E-state index in [2.05, 4.69) is 5.16 Å². The normalized spacial score (nSPS) is 22.8. The van der Waals surface area contributed by atoms with Crippen molar-refractivity contribution in [1.29, 1.82) is 0 Å². The van der Waals surface area contributed by atoms with Crippen molar-refractivity contribution in [3.8, 4) is 0 Å². The topological polar surface area (TPSA) is 51.1 Å². The molecule has 5 nitrogen and oxygen atoms in total. The molecule has 0 aromatic heterocycles. The molecule has 0 spiro atoms. The Balaban J connectivity index is 1.65. The number of amides is 1. The molecule has 0 bridgehead atoms. The van der Waals surface area contributed by atoms with Crippen molar-refractivity contribution in [1.82, 2.24) is 5.06 Å². The zero-order chi connectivity index (χ0) is 12.4. The van der Waals surface area contributed by atoms with E-state index in [4.69, 9.17) is 9.68 Å². The Bertz CT molecular complexity index is 466. The van der Waals surface area contributed by atoms with Crippen LogP contribution in [0, 0.1) is 0 Å². The van der Waals surface area contributed by atoms with Crippen molar-refractivity contribution in [2.45, 2.75) is 18.9 Å². The maximum Gasteiger partial charge on any atom is 0.290 e. The molecule has 18 heavy (non-hydrogen) atoms. The molecule has 0 radical (unpaired) electrons. The van der Waals surface area contributed by atoms with E-state index in [9.17, 15) is 4.79 Å². The van der Waals surface area contributed by atoms with Crippen LogP contribution in [0.4, 0.5) is 0 Å². The fourth-order valence-electron chi connectivity index (χ4n) is 2.09. The van der Waals surface area contributed by atoms with E-state index < -0.39 is 6.10 Å². The van der Waals surface area contributed by atoms with E-state index in [0.29, 0.717) is 19.6 Å². The first kappa shape index (κ1) is 11.2. The number of oxime groups is 1. The molecule has 1 aromatic rings. The zero-order valence-corrected chi connectivity index (χ0v) is 9.91. The van der Waals surface area contributed by atoms with Crippen LogP contribution >= 0.6 is 0 Å². The lowest BCUT2D eigenvalue weighted by atomic mass is 10.0. The van der Waals surface area contributed by atoms with Crippen LogP contribution in [0.25, 0.3) is 0 Å². The molecular formula is C13H14N2O3. The first-order valence-electron chi connectivity index (χ1n) is 6.07. The van der Waals surface area contributed by atoms with Gasteiger partial charge < -0.3 is 4.84 Å². The van der Waals surface area contributed by atoms with Crippen molar-refractivity contribution in [2.24, 2.45) is 5.16 Å². The number of carbonyl (C=O) groups is 1. The van der Waals surface area contributed by atoms with Gasteiger partial charge in [0.05, 0.1) is 18.9 Å². The van der Waals surface area contributed by atoms with E-state index in [0.717, 1.165) is 17.7 Å². The Morgan fingerprint density at radius 1 is 1.33 bits per heavy atom. The second-order valence-corrected chi connectivity index (χ2v) is 4.33. The molecule has 1 atom stereocenters. The summed E-state index contributed by atoms with van der Waals surface area (Å²) >= 11 is 0. The van der Waals surface area contributed by atoms with Gasteiger partial charge in [0, 0.05) is 6.42 Å². The average Bonchev–Trinajstić information content (AvgIpc) is 3.10. The number of hydrogen-bond acceptors (Lipinski definition) is 4. The van der Waals surface area contributed by atoms with Gasteiger partial charge in [-0.05, 0) is 12.0 Å². The summed E-state index contributed by atoms with van der Waals surface area (Å²) in [6.45, 7) is 1.24. The van der Waals surface area contributed by atoms with Gasteiger partial charge >= 0.3 is 0 Å². The molecule has 5 heteroatoms. The molecule has 2 aliphatic rings. The van der Waals surface area contributed by atoms with E-state index in [1.54, 1.807) is 0 Å². The fourth-order valence-corrected chi connectivity index (χ4v) is 2.09. The molecule has 1 fully saturated rings. The van der Waals surface area contributed by atoms with Gasteiger partial charge in [0.15, 0.2) is 0 Å². The molecule has 1 unspecified atom stereocenters. The molecule has 0 saturated carbocycles. The third-order valence-electron chi connectivity index (χ3n) is 3.05. The third kappa shape index (κ3) is 2.09. The minimum atomic E-state index is -0.543. The summed E-state index contributed by atoms with van der Waals surface area (Å²) in [5, 5.41) is 5.38. The smallest absolute Gasteiger partial charge is 0.290 e. The molecular weight excluding hydrogens is 232 g/mol. The predicted octanol–water partition coefficient (Wildman–Crippen LogP) is 1.34. The Hall–Kier alpha value is -1.88. The molecule has 3 rings (SSSR count). The van der Waals surface area contributed by atoms with Crippen molar-refractivity contribution in [3.05, 3.63) is 35.9 Å². The van der Waals surface area contributed by atoms with Gasteiger partial charge in [-0.1, -0.05) is 35.5 Å². The van der Waals surface area contributed by atoms with Crippen LogP contribution in [0.1, 0.15) is 18.4 Å². The number of nitrogens with zero attached hydrogens (tertiary/aromatic N) is 2. The number of carbonyl (C=O) groups excluding carboxylic acids is 1. The van der Waals surface area contributed by atoms with Crippen LogP contribution in [-0.4, -0.2) is 35.9 Å². The summed E-state index contributed by atoms with van der Waals surface area (Å²) in [5.74, 6) is -0.137. The van der Waals surface area contributed by atoms with Gasteiger partial charge in [0.2, 0.25) is 6.10 Å². The first-order chi connectivity index (χ1) is 8.84. The molecule has 1 aromatic carbocycles. The summed E-state index contributed by atoms with van der Waals surface area (Å²) in [5.41, 5.74) is 1.81. The quantitative estimate of drug-likeness (QED) is 0.791. The molecule has 0 aliphatic carbocycles. The lowest BCUT2D eigenvalue weighted by Gasteiger charge is -2.16. The van der Waals surface area contributed by atoms with Crippen LogP contribution in [0.3, 0.4) is 0 Å². The number of benzene rings is 1. The summed E-state index contributed by atoms with van der Waals surface area (Å²) in [6.07, 6.45) is 0.839. The van der Waals surface area contributed by atoms with E-state index in [1.165, 1.54) is 5.06 Å². The molecule has 1 amide bonds. The SMILES string of the molecule is O=C(C1CC(c2ccccc2)=NO1)N1CCCO1. The monoisotopic (exact) mass is 246 g/mol. The molecule has 94 valence electrons. The van der Waals surface area contributed by atoms with Crippen LogP contribution < -0.4 is 0 Å². The summed E-state index contributed by atoms with van der Waals surface area (Å²) in [7, 11) is 0. The minimum absolute atomic E-state index is 0.137. The summed E-state index contributed by atoms with van der Waals surface area (Å²) < 4.78 is 0. The largest absolute Gasteiger partial charge is 0.382 e. The maximum absolute atomic E-state index is 12.0. The maximum atomic E-state index is 12.0. The van der Waals surface area contributed by atoms with Gasteiger partial charge in [0.25, 0.3) is 5.91 Å². The van der Waals surface area contributed by atoms with Crippen LogP contribution in [0.15, 0.2) is 35.5 Å². The second-order valence-electron chi connectivity index (χ2n) is 4.33. The second kappa shape index (κ2) is 4.78. The number of rotatable bonds is 2. The van der Waals surface area contributed by atoms with E-state index >= 15 is 0 Å². The highest BCUT2D eigenvalue weighted by Crippen LogP contribution is 2.19. The zero-order valence-electron chi connectivity index (χ0n) is 9.91. The lowest BCUT2D eigenvalue weighted by molar-refractivity contribution is -0.179. The highest BCUT2D eigenvalue weighted by atomic mass is 16.7. The van der Waals surface area contributed by atoms with Crippen molar-refractivity contribution < 1.29 is 14.5 Å². The molecule has 1 saturated heterocycles. The lowest BCUT2D eigenvalue weighted by Crippen LogP contribution is -2.36. The van der Waals surface area contributed by atoms with Gasteiger partial charge in [0.1, 0.15) is 0 Å². The predicted molar refractivity (Wildman–Crippen MR) is 64.8 cm³/mol. The Morgan fingerprint density at radius 2 is 2.17 bits per heavy atom. The van der Waals surface area contributed by atoms with E-state index in [-0.39, 0.29) is 5.91 Å². The Kier molecular flexibility index (Phi) is 2.98. The third-order valence-corrected chi connectivity index (χ3v) is 3.05. The number of hydrogen-bond donors (Lipinski definition) is 0. The first-order valence-corrected chi connectivity index (χ1v) is 6.07. The van der Waals surface area contributed by atoms with Crippen molar-refractivity contribution >= 4 is 11.6 Å². The molecule has 2 aliphatic heterocycles. The van der Waals surface area contributed by atoms with Crippen molar-refractivity contribution in [2.75, 3.05) is 13.2 Å². The van der Waals surface area contributed by atoms with Gasteiger partial charge in [-0.3, -0.25) is 9.63 Å². The summed E-state index contributed by atoms with van der Waals surface area (Å²) in [6, 6.07) is 9.75. The standard InChI is InChI=1S/C13H14N2O3/c16-13(15-7-4-8-17-15)12-9-11(14-18-12)10-5-2-1-3-6-10/h1-3,5-6,12H,4,7-9H2. The van der Waals surface area contributed by atoms with Gasteiger partial charge in [-0.15, -0.1) is 0 Å². The Morgan fingerprint density at radius 3 is 2.89 bits per heavy atom. The fraction of sp³-hybridized carbons (Fsp3) is 0.385. The molecule has 0 N–H and O–H groups in total. The average molecular weight is 246 g/mol. The molecule has 2 heterocycles. The van der Waals surface area contributed by atoms with E-state index in [1.807, 2.05) is 30.3 Å². The van der Waals surface area contributed by atoms with Gasteiger partial charge in [-0.25, -0.2) is 5.06 Å². The highest BCUT2D eigenvalue weighted by Gasteiger charge is 2.34. The van der Waals surface area contributed by atoms with Crippen LogP contribution in [0.2, 0.25) is 0 Å². The van der Waals surface area contributed by atoms with Crippen LogP contribution in [-0.2, 0) is 14.5 Å². The minimum Gasteiger partial charge on any atom is -0.382 e. The Labute approximate surface area is 105 Å². The number of hydroxylamine groups is 2.